The molecule has 0 radical (unpaired) electrons. The minimum Gasteiger partial charge on any atom is -0.464 e. The number of esters is 1. The summed E-state index contributed by atoms with van der Waals surface area (Å²) in [6.07, 6.45) is -1.75. The second-order valence-electron chi connectivity index (χ2n) is 7.07. The number of rotatable bonds is 9. The number of methoxy groups -OCH3 is 2. The Morgan fingerprint density at radius 3 is 2.07 bits per heavy atom. The average molecular weight is 410 g/mol. The molecule has 2 atom stereocenters. The van der Waals surface area contributed by atoms with E-state index in [0.29, 0.717) is 5.56 Å². The molecule has 1 aromatic rings. The number of carbonyl (C=O) groups excluding carboxylic acids is 3. The number of alkyl carbamates (subject to hydrolysis) is 1. The van der Waals surface area contributed by atoms with E-state index < -0.39 is 41.9 Å². The van der Waals surface area contributed by atoms with Crippen molar-refractivity contribution in [1.29, 1.82) is 0 Å². The maximum Gasteiger partial charge on any atom is 0.408 e. The molecule has 1 aromatic carbocycles. The highest BCUT2D eigenvalue weighted by molar-refractivity contribution is 6.04. The Balaban J connectivity index is 3.08. The molecule has 0 aliphatic carbocycles. The van der Waals surface area contributed by atoms with E-state index in [1.165, 1.54) is 14.2 Å². The highest BCUT2D eigenvalue weighted by Gasteiger charge is 2.35. The Morgan fingerprint density at radius 1 is 1.00 bits per heavy atom. The van der Waals surface area contributed by atoms with Crippen LogP contribution in [-0.4, -0.2) is 56.7 Å². The maximum atomic E-state index is 12.9. The fourth-order valence-electron chi connectivity index (χ4n) is 2.46. The van der Waals surface area contributed by atoms with E-state index in [1.54, 1.807) is 52.0 Å². The van der Waals surface area contributed by atoms with Gasteiger partial charge in [-0.05, 0) is 33.3 Å². The van der Waals surface area contributed by atoms with Gasteiger partial charge >= 0.3 is 12.1 Å². The number of carbonyl (C=O) groups is 3. The standard InChI is InChI=1S/C20H30N2O7/c1-7-28-17(24)15(22-19(25)29-20(2,3)4)16(23)21-14(18(26-5)27-6)13-11-9-8-10-12-13/h8-12,14-15,18H,7H2,1-6H3,(H,21,23)(H,22,25). The lowest BCUT2D eigenvalue weighted by Crippen LogP contribution is -2.54. The largest absolute Gasteiger partial charge is 0.464 e. The van der Waals surface area contributed by atoms with Crippen LogP contribution >= 0.6 is 0 Å². The first-order valence-electron chi connectivity index (χ1n) is 9.20. The van der Waals surface area contributed by atoms with Crippen LogP contribution in [0, 0.1) is 0 Å². The Morgan fingerprint density at radius 2 is 1.59 bits per heavy atom. The van der Waals surface area contributed by atoms with E-state index in [4.69, 9.17) is 18.9 Å². The molecule has 2 amide bonds. The van der Waals surface area contributed by atoms with Crippen LogP contribution in [0.4, 0.5) is 4.79 Å². The van der Waals surface area contributed by atoms with E-state index in [9.17, 15) is 14.4 Å². The SMILES string of the molecule is CCOC(=O)C(NC(=O)OC(C)(C)C)C(=O)NC(c1ccccc1)C(OC)OC. The quantitative estimate of drug-likeness (QED) is 0.363. The number of nitrogens with one attached hydrogen (secondary N) is 2. The van der Waals surface area contributed by atoms with Crippen LogP contribution < -0.4 is 10.6 Å². The van der Waals surface area contributed by atoms with Crippen LogP contribution in [-0.2, 0) is 28.5 Å². The van der Waals surface area contributed by atoms with Gasteiger partial charge in [0.25, 0.3) is 5.91 Å². The fraction of sp³-hybridized carbons (Fsp3) is 0.550. The molecule has 1 rings (SSSR count). The van der Waals surface area contributed by atoms with Crippen LogP contribution in [0.3, 0.4) is 0 Å². The zero-order valence-electron chi connectivity index (χ0n) is 17.7. The van der Waals surface area contributed by atoms with E-state index in [-0.39, 0.29) is 6.61 Å². The second-order valence-corrected chi connectivity index (χ2v) is 7.07. The smallest absolute Gasteiger partial charge is 0.408 e. The highest BCUT2D eigenvalue weighted by atomic mass is 16.7. The van der Waals surface area contributed by atoms with Gasteiger partial charge in [0, 0.05) is 14.2 Å². The lowest BCUT2D eigenvalue weighted by Gasteiger charge is -2.28. The van der Waals surface area contributed by atoms with Crippen LogP contribution in [0.15, 0.2) is 30.3 Å². The van der Waals surface area contributed by atoms with Gasteiger partial charge in [-0.3, -0.25) is 10.1 Å². The first-order valence-corrected chi connectivity index (χ1v) is 9.20. The number of hydrogen-bond donors (Lipinski definition) is 2. The van der Waals surface area contributed by atoms with Crippen LogP contribution in [0.1, 0.15) is 39.3 Å². The summed E-state index contributed by atoms with van der Waals surface area (Å²) in [6, 6.07) is 6.61. The molecule has 2 unspecified atom stereocenters. The molecule has 162 valence electrons. The van der Waals surface area contributed by atoms with Gasteiger partial charge < -0.3 is 24.3 Å². The van der Waals surface area contributed by atoms with Crippen molar-refractivity contribution in [2.24, 2.45) is 0 Å². The van der Waals surface area contributed by atoms with Crippen molar-refractivity contribution in [3.63, 3.8) is 0 Å². The molecule has 0 bridgehead atoms. The molecule has 0 spiro atoms. The fourth-order valence-corrected chi connectivity index (χ4v) is 2.46. The van der Waals surface area contributed by atoms with Crippen molar-refractivity contribution in [1.82, 2.24) is 10.6 Å². The predicted octanol–water partition coefficient (Wildman–Crippen LogP) is 1.92. The molecule has 0 aliphatic rings. The molecule has 0 saturated heterocycles. The molecular formula is C20H30N2O7. The summed E-state index contributed by atoms with van der Waals surface area (Å²) in [5.41, 5.74) is -0.113. The van der Waals surface area contributed by atoms with E-state index >= 15 is 0 Å². The molecule has 29 heavy (non-hydrogen) atoms. The lowest BCUT2D eigenvalue weighted by atomic mass is 10.1. The maximum absolute atomic E-state index is 12.9. The van der Waals surface area contributed by atoms with Crippen molar-refractivity contribution in [3.05, 3.63) is 35.9 Å². The predicted molar refractivity (Wildman–Crippen MR) is 105 cm³/mol. The van der Waals surface area contributed by atoms with Gasteiger partial charge in [0.15, 0.2) is 6.29 Å². The van der Waals surface area contributed by atoms with Crippen molar-refractivity contribution in [2.45, 2.75) is 51.7 Å². The van der Waals surface area contributed by atoms with Gasteiger partial charge in [0.1, 0.15) is 11.6 Å². The molecular weight excluding hydrogens is 380 g/mol. The normalized spacial score (nSPS) is 13.3. The van der Waals surface area contributed by atoms with Crippen molar-refractivity contribution in [2.75, 3.05) is 20.8 Å². The van der Waals surface area contributed by atoms with Gasteiger partial charge in [-0.2, -0.15) is 0 Å². The third-order valence-corrected chi connectivity index (χ3v) is 3.64. The third-order valence-electron chi connectivity index (χ3n) is 3.64. The van der Waals surface area contributed by atoms with Gasteiger partial charge in [-0.25, -0.2) is 9.59 Å². The zero-order chi connectivity index (χ0) is 22.0. The number of ether oxygens (including phenoxy) is 4. The second kappa shape index (κ2) is 11.4. The van der Waals surface area contributed by atoms with E-state index in [0.717, 1.165) is 0 Å². The summed E-state index contributed by atoms with van der Waals surface area (Å²) >= 11 is 0. The molecule has 9 nitrogen and oxygen atoms in total. The van der Waals surface area contributed by atoms with Gasteiger partial charge in [-0.15, -0.1) is 0 Å². The van der Waals surface area contributed by atoms with Crippen LogP contribution in [0.2, 0.25) is 0 Å². The monoisotopic (exact) mass is 410 g/mol. The Hall–Kier alpha value is -2.65. The van der Waals surface area contributed by atoms with E-state index in [1.807, 2.05) is 6.07 Å². The molecule has 9 heteroatoms. The highest BCUT2D eigenvalue weighted by Crippen LogP contribution is 2.20. The molecule has 0 fully saturated rings. The van der Waals surface area contributed by atoms with E-state index in [2.05, 4.69) is 10.6 Å². The number of hydrogen-bond acceptors (Lipinski definition) is 7. The first kappa shape index (κ1) is 24.4. The molecule has 0 aliphatic heterocycles. The lowest BCUT2D eigenvalue weighted by molar-refractivity contribution is -0.152. The summed E-state index contributed by atoms with van der Waals surface area (Å²) in [6.45, 7) is 6.64. The van der Waals surface area contributed by atoms with Gasteiger partial charge in [0.05, 0.1) is 6.61 Å². The van der Waals surface area contributed by atoms with Crippen LogP contribution in [0.25, 0.3) is 0 Å². The summed E-state index contributed by atoms with van der Waals surface area (Å²) < 4.78 is 20.6. The van der Waals surface area contributed by atoms with Crippen LogP contribution in [0.5, 0.6) is 0 Å². The number of benzene rings is 1. The number of amides is 2. The minimum absolute atomic E-state index is 0.0412. The van der Waals surface area contributed by atoms with Gasteiger partial charge in [0.2, 0.25) is 6.04 Å². The molecule has 2 N–H and O–H groups in total. The third kappa shape index (κ3) is 8.08. The summed E-state index contributed by atoms with van der Waals surface area (Å²) in [4.78, 5) is 37.3. The summed E-state index contributed by atoms with van der Waals surface area (Å²) in [5, 5.41) is 4.94. The topological polar surface area (TPSA) is 112 Å². The summed E-state index contributed by atoms with van der Waals surface area (Å²) in [7, 11) is 2.86. The first-order chi connectivity index (χ1) is 13.6. The van der Waals surface area contributed by atoms with Crippen molar-refractivity contribution in [3.8, 4) is 0 Å². The average Bonchev–Trinajstić information content (AvgIpc) is 2.65. The van der Waals surface area contributed by atoms with Gasteiger partial charge in [-0.1, -0.05) is 30.3 Å². The van der Waals surface area contributed by atoms with Crippen molar-refractivity contribution >= 4 is 18.0 Å². The van der Waals surface area contributed by atoms with Crippen molar-refractivity contribution < 1.29 is 33.3 Å². The Bertz CT molecular complexity index is 669. The summed E-state index contributed by atoms with van der Waals surface area (Å²) in [5.74, 6) is -1.70. The Labute approximate surface area is 171 Å². The zero-order valence-corrected chi connectivity index (χ0v) is 17.7. The molecule has 0 saturated carbocycles. The Kier molecular flexibility index (Phi) is 9.57. The minimum atomic E-state index is -1.61. The molecule has 0 aromatic heterocycles. The molecule has 0 heterocycles.